The number of fused-ring (bicyclic) bond motifs is 1. The van der Waals surface area contributed by atoms with Crippen LogP contribution in [0.25, 0.3) is 11.2 Å². The molecule has 1 aliphatic heterocycles. The van der Waals surface area contributed by atoms with Gasteiger partial charge in [0.15, 0.2) is 11.9 Å². The number of nitrogens with zero attached hydrogens (tertiary/aromatic N) is 4. The van der Waals surface area contributed by atoms with Gasteiger partial charge in [-0.2, -0.15) is 5.10 Å². The summed E-state index contributed by atoms with van der Waals surface area (Å²) in [5.74, 6) is 0. The number of rotatable bonds is 2. The third-order valence-corrected chi connectivity index (χ3v) is 2.78. The van der Waals surface area contributed by atoms with Gasteiger partial charge in [-0.3, -0.25) is 9.79 Å². The average molecular weight is 226 g/mol. The summed E-state index contributed by atoms with van der Waals surface area (Å²) in [6.45, 7) is 2.62. The molecule has 0 radical (unpaired) electrons. The van der Waals surface area contributed by atoms with E-state index in [-0.39, 0.29) is 0 Å². The van der Waals surface area contributed by atoms with Crippen molar-refractivity contribution in [2.45, 2.75) is 6.92 Å². The molecule has 0 spiro atoms. The van der Waals surface area contributed by atoms with Crippen molar-refractivity contribution in [2.75, 3.05) is 6.54 Å². The Bertz CT molecular complexity index is 666. The van der Waals surface area contributed by atoms with Crippen molar-refractivity contribution in [3.8, 4) is 0 Å². The maximum absolute atomic E-state index is 11.0. The summed E-state index contributed by atoms with van der Waals surface area (Å²) >= 11 is 0. The van der Waals surface area contributed by atoms with Crippen molar-refractivity contribution >= 4 is 23.2 Å². The first-order chi connectivity index (χ1) is 8.28. The van der Waals surface area contributed by atoms with E-state index in [0.717, 1.165) is 23.1 Å². The van der Waals surface area contributed by atoms with Crippen LogP contribution in [0.1, 0.15) is 22.8 Å². The third kappa shape index (κ3) is 1.56. The van der Waals surface area contributed by atoms with Gasteiger partial charge in [0.2, 0.25) is 0 Å². The zero-order valence-corrected chi connectivity index (χ0v) is 9.29. The molecule has 0 bridgehead atoms. The summed E-state index contributed by atoms with van der Waals surface area (Å²) in [7, 11) is 0. The van der Waals surface area contributed by atoms with E-state index in [1.165, 1.54) is 6.33 Å². The molecule has 0 amide bonds. The van der Waals surface area contributed by atoms with Gasteiger partial charge in [0.05, 0.1) is 12.1 Å². The van der Waals surface area contributed by atoms with E-state index in [1.807, 2.05) is 25.3 Å². The van der Waals surface area contributed by atoms with Crippen LogP contribution < -0.4 is 0 Å². The van der Waals surface area contributed by atoms with Crippen LogP contribution >= 0.6 is 0 Å². The number of carbonyl (C=O) groups is 1. The predicted molar refractivity (Wildman–Crippen MR) is 64.3 cm³/mol. The molecule has 0 saturated carbocycles. The van der Waals surface area contributed by atoms with E-state index in [9.17, 15) is 4.79 Å². The van der Waals surface area contributed by atoms with Crippen molar-refractivity contribution in [1.82, 2.24) is 14.6 Å². The van der Waals surface area contributed by atoms with E-state index in [0.29, 0.717) is 17.8 Å². The largest absolute Gasteiger partial charge is 0.298 e. The van der Waals surface area contributed by atoms with E-state index < -0.39 is 0 Å². The molecule has 3 heterocycles. The predicted octanol–water partition coefficient (Wildman–Crippen LogP) is 1.40. The summed E-state index contributed by atoms with van der Waals surface area (Å²) in [6, 6.07) is 1.83. The molecule has 84 valence electrons. The summed E-state index contributed by atoms with van der Waals surface area (Å²) in [5.41, 5.74) is 4.20. The van der Waals surface area contributed by atoms with Crippen LogP contribution in [0.15, 0.2) is 29.7 Å². The van der Waals surface area contributed by atoms with Gasteiger partial charge in [0.1, 0.15) is 6.33 Å². The topological polar surface area (TPSA) is 59.6 Å². The molecule has 0 fully saturated rings. The van der Waals surface area contributed by atoms with Crippen LogP contribution in [0.2, 0.25) is 0 Å². The number of hydrogen-bond donors (Lipinski definition) is 0. The Labute approximate surface area is 97.5 Å². The Morgan fingerprint density at radius 2 is 2.35 bits per heavy atom. The minimum Gasteiger partial charge on any atom is -0.298 e. The van der Waals surface area contributed by atoms with Crippen molar-refractivity contribution in [3.63, 3.8) is 0 Å². The lowest BCUT2D eigenvalue weighted by Gasteiger charge is -2.03. The number of aldehydes is 1. The van der Waals surface area contributed by atoms with Gasteiger partial charge in [-0.1, -0.05) is 0 Å². The molecule has 0 aliphatic carbocycles. The number of hydrogen-bond acceptors (Lipinski definition) is 4. The SMILES string of the molecule is CC1=NCC(c2cc(C=O)c3ncnn3c2)=C1. The molecule has 0 aromatic carbocycles. The highest BCUT2D eigenvalue weighted by molar-refractivity contribution is 6.03. The summed E-state index contributed by atoms with van der Waals surface area (Å²) in [5, 5.41) is 4.06. The molecule has 2 aromatic rings. The first-order valence-corrected chi connectivity index (χ1v) is 5.28. The number of aromatic nitrogens is 3. The maximum Gasteiger partial charge on any atom is 0.165 e. The quantitative estimate of drug-likeness (QED) is 0.727. The Hall–Kier alpha value is -2.30. The molecular weight excluding hydrogens is 216 g/mol. The fourth-order valence-corrected chi connectivity index (χ4v) is 1.94. The molecule has 2 aromatic heterocycles. The highest BCUT2D eigenvalue weighted by Gasteiger charge is 2.11. The van der Waals surface area contributed by atoms with Crippen LogP contribution in [0.4, 0.5) is 0 Å². The minimum absolute atomic E-state index is 0.547. The van der Waals surface area contributed by atoms with E-state index in [2.05, 4.69) is 15.1 Å². The number of aliphatic imine (C=N–C) groups is 1. The zero-order valence-electron chi connectivity index (χ0n) is 9.29. The summed E-state index contributed by atoms with van der Waals surface area (Å²) < 4.78 is 1.62. The molecule has 0 unspecified atom stereocenters. The fourth-order valence-electron chi connectivity index (χ4n) is 1.94. The maximum atomic E-state index is 11.0. The van der Waals surface area contributed by atoms with E-state index in [1.54, 1.807) is 4.52 Å². The Morgan fingerprint density at radius 3 is 3.06 bits per heavy atom. The van der Waals surface area contributed by atoms with E-state index in [4.69, 9.17) is 0 Å². The van der Waals surface area contributed by atoms with Gasteiger partial charge >= 0.3 is 0 Å². The third-order valence-electron chi connectivity index (χ3n) is 2.78. The monoisotopic (exact) mass is 226 g/mol. The lowest BCUT2D eigenvalue weighted by Crippen LogP contribution is -1.97. The Morgan fingerprint density at radius 1 is 1.47 bits per heavy atom. The van der Waals surface area contributed by atoms with Crippen molar-refractivity contribution in [3.05, 3.63) is 35.8 Å². The highest BCUT2D eigenvalue weighted by Crippen LogP contribution is 2.21. The second-order valence-corrected chi connectivity index (χ2v) is 3.96. The number of pyridine rings is 1. The molecule has 0 saturated heterocycles. The van der Waals surface area contributed by atoms with Gasteiger partial charge in [0.25, 0.3) is 0 Å². The zero-order chi connectivity index (χ0) is 11.8. The second-order valence-electron chi connectivity index (χ2n) is 3.96. The van der Waals surface area contributed by atoms with Gasteiger partial charge in [0, 0.05) is 11.9 Å². The van der Waals surface area contributed by atoms with Crippen LogP contribution in [-0.2, 0) is 0 Å². The van der Waals surface area contributed by atoms with Crippen molar-refractivity contribution in [1.29, 1.82) is 0 Å². The van der Waals surface area contributed by atoms with Crippen LogP contribution in [-0.4, -0.2) is 33.1 Å². The molecule has 5 nitrogen and oxygen atoms in total. The van der Waals surface area contributed by atoms with Crippen molar-refractivity contribution in [2.24, 2.45) is 4.99 Å². The average Bonchev–Trinajstić information content (AvgIpc) is 2.95. The number of allylic oxidation sites excluding steroid dienone is 1. The Balaban J connectivity index is 2.18. The van der Waals surface area contributed by atoms with E-state index >= 15 is 0 Å². The molecule has 17 heavy (non-hydrogen) atoms. The minimum atomic E-state index is 0.547. The standard InChI is InChI=1S/C12H10N4O/c1-8-2-9(4-13-8)10-3-11(6-17)12-14-7-15-16(12)5-10/h2-3,5-7H,4H2,1H3. The van der Waals surface area contributed by atoms with Crippen LogP contribution in [0, 0.1) is 0 Å². The first kappa shape index (κ1) is 9.89. The fraction of sp³-hybridized carbons (Fsp3) is 0.167. The lowest BCUT2D eigenvalue weighted by atomic mass is 10.1. The normalized spacial score (nSPS) is 14.9. The lowest BCUT2D eigenvalue weighted by molar-refractivity contribution is 0.112. The molecule has 0 atom stereocenters. The van der Waals surface area contributed by atoms with Crippen molar-refractivity contribution < 1.29 is 4.79 Å². The molecule has 3 rings (SSSR count). The van der Waals surface area contributed by atoms with Crippen LogP contribution in [0.5, 0.6) is 0 Å². The second kappa shape index (κ2) is 3.62. The number of carbonyl (C=O) groups excluding carboxylic acids is 1. The molecular formula is C12H10N4O. The van der Waals surface area contributed by atoms with Gasteiger partial charge in [-0.05, 0) is 30.2 Å². The smallest absolute Gasteiger partial charge is 0.165 e. The van der Waals surface area contributed by atoms with Crippen LogP contribution in [0.3, 0.4) is 0 Å². The highest BCUT2D eigenvalue weighted by atomic mass is 16.1. The first-order valence-electron chi connectivity index (χ1n) is 5.28. The molecule has 1 aliphatic rings. The van der Waals surface area contributed by atoms with Gasteiger partial charge < -0.3 is 0 Å². The van der Waals surface area contributed by atoms with Gasteiger partial charge in [-0.15, -0.1) is 0 Å². The summed E-state index contributed by atoms with van der Waals surface area (Å²) in [4.78, 5) is 19.4. The summed E-state index contributed by atoms with van der Waals surface area (Å²) in [6.07, 6.45) is 6.13. The Kier molecular flexibility index (Phi) is 2.11. The molecule has 5 heteroatoms. The van der Waals surface area contributed by atoms with Gasteiger partial charge in [-0.25, -0.2) is 9.50 Å². The molecule has 0 N–H and O–H groups in total.